The molecule has 10 rings (SSSR count). The number of sulfone groups is 1. The van der Waals surface area contributed by atoms with Crippen LogP contribution in [0.4, 0.5) is 40.9 Å². The van der Waals surface area contributed by atoms with Crippen LogP contribution in [0, 0.1) is 11.6 Å². The van der Waals surface area contributed by atoms with Gasteiger partial charge >= 0.3 is 5.92 Å². The minimum atomic E-state index is -4.14. The molecule has 2 fully saturated rings. The number of benzene rings is 4. The quantitative estimate of drug-likeness (QED) is 0.0672. The fraction of sp³-hybridized carbons (Fsp3) is 0.311. The normalized spacial score (nSPS) is 18.9. The number of thiol groups is 1. The fourth-order valence-electron chi connectivity index (χ4n) is 9.38. The first-order valence-electron chi connectivity index (χ1n) is 21.5. The molecule has 3 atom stereocenters. The first-order chi connectivity index (χ1) is 33.4. The molecule has 372 valence electrons. The monoisotopic (exact) mass is 1070 g/mol. The number of carbonyl (C=O) groups excluding carboxylic acids is 1. The van der Waals surface area contributed by atoms with Crippen molar-refractivity contribution in [1.29, 1.82) is 0 Å². The number of amides is 1. The Bertz CT molecular complexity index is 3680. The van der Waals surface area contributed by atoms with Crippen molar-refractivity contribution in [3.05, 3.63) is 128 Å². The van der Waals surface area contributed by atoms with Crippen LogP contribution in [0.3, 0.4) is 0 Å². The third kappa shape index (κ3) is 8.40. The minimum absolute atomic E-state index is 0.109. The Morgan fingerprint density at radius 2 is 1.65 bits per heavy atom. The number of hydrogen-bond donors (Lipinski definition) is 3. The Balaban J connectivity index is 1.21. The maximum absolute atomic E-state index is 15.9. The van der Waals surface area contributed by atoms with E-state index in [1.807, 2.05) is 0 Å². The Morgan fingerprint density at radius 3 is 2.31 bits per heavy atom. The van der Waals surface area contributed by atoms with Crippen molar-refractivity contribution in [3.63, 3.8) is 0 Å². The van der Waals surface area contributed by atoms with Gasteiger partial charge in [0.2, 0.25) is 15.9 Å². The number of hydrogen-bond acceptors (Lipinski definition) is 10. The maximum Gasteiger partial charge on any atom is 0.304 e. The zero-order chi connectivity index (χ0) is 50.9. The topological polar surface area (TPSA) is 180 Å². The van der Waals surface area contributed by atoms with Crippen LogP contribution in [-0.4, -0.2) is 74.5 Å². The summed E-state index contributed by atoms with van der Waals surface area (Å²) >= 11 is 10.8. The smallest absolute Gasteiger partial charge is 0.304 e. The van der Waals surface area contributed by atoms with E-state index in [0.717, 1.165) is 23.0 Å². The van der Waals surface area contributed by atoms with Crippen LogP contribution in [0.15, 0.2) is 82.5 Å². The highest BCUT2D eigenvalue weighted by atomic mass is 35.5. The molecule has 0 radical (unpaired) electrons. The first-order valence-corrected chi connectivity index (χ1v) is 25.7. The van der Waals surface area contributed by atoms with Crippen LogP contribution in [-0.2, 0) is 50.1 Å². The second-order valence-electron chi connectivity index (χ2n) is 17.6. The molecule has 0 bridgehead atoms. The summed E-state index contributed by atoms with van der Waals surface area (Å²) in [6.45, 7) is -2.35. The molecule has 0 spiro atoms. The second-order valence-corrected chi connectivity index (χ2v) is 22.8. The molecule has 3 aliphatic carbocycles. The van der Waals surface area contributed by atoms with E-state index in [4.69, 9.17) is 16.6 Å². The third-order valence-electron chi connectivity index (χ3n) is 12.7. The zero-order valence-electron chi connectivity index (χ0n) is 36.4. The van der Waals surface area contributed by atoms with E-state index in [0.29, 0.717) is 28.3 Å². The molecule has 3 aliphatic rings. The standard InChI is InChI=1S/C45H35ClF8N8O6S3/c1-70(65,66)32-5-3-2-4-25(32)21-6-9-26-29(15-21)56-42(62(43(26)64)31-11-10-28(46)36-38(31)60(18-33(49)50)58-41(36)59-71(67,68)24-7-8-24)30(14-20-12-22(47)16-23(48)13-20)55-34(63)19-61-39-35(37(57-61)40(51)52)27-17-44(27,69)45(39,53)54/h2-6,9-13,15-16,24,27,30,33,40,69H,7-8,14,17-19H2,1H3,(H,55,63)(H,58,59)/t27?,30-,44-/m0/s1. The van der Waals surface area contributed by atoms with Crippen molar-refractivity contribution in [2.24, 2.45) is 0 Å². The Hall–Kier alpha value is -6.05. The molecule has 0 aliphatic heterocycles. The van der Waals surface area contributed by atoms with Crippen molar-refractivity contribution in [2.75, 3.05) is 11.0 Å². The van der Waals surface area contributed by atoms with Gasteiger partial charge in [-0.15, -0.1) is 0 Å². The van der Waals surface area contributed by atoms with Gasteiger partial charge in [-0.05, 0) is 72.9 Å². The van der Waals surface area contributed by atoms with E-state index < -0.39 is 132 Å². The van der Waals surface area contributed by atoms with Crippen molar-refractivity contribution in [2.45, 2.75) is 84.4 Å². The number of nitrogens with zero attached hydrogens (tertiary/aromatic N) is 6. The van der Waals surface area contributed by atoms with Crippen LogP contribution in [0.2, 0.25) is 5.02 Å². The average Bonchev–Trinajstić information content (AvgIpc) is 4.18. The van der Waals surface area contributed by atoms with Crippen LogP contribution in [0.1, 0.15) is 66.0 Å². The molecule has 3 aromatic heterocycles. The van der Waals surface area contributed by atoms with Gasteiger partial charge in [0, 0.05) is 35.8 Å². The molecule has 71 heavy (non-hydrogen) atoms. The highest BCUT2D eigenvalue weighted by Crippen LogP contribution is 2.74. The lowest BCUT2D eigenvalue weighted by molar-refractivity contribution is -0.123. The lowest BCUT2D eigenvalue weighted by atomic mass is 10.0. The van der Waals surface area contributed by atoms with Crippen molar-refractivity contribution in [1.82, 2.24) is 34.4 Å². The van der Waals surface area contributed by atoms with Crippen molar-refractivity contribution < 1.29 is 56.8 Å². The summed E-state index contributed by atoms with van der Waals surface area (Å²) in [5, 5.41) is 8.90. The summed E-state index contributed by atoms with van der Waals surface area (Å²) in [6, 6.07) is 12.8. The zero-order valence-corrected chi connectivity index (χ0v) is 39.6. The number of sulfonamides is 1. The summed E-state index contributed by atoms with van der Waals surface area (Å²) in [7, 11) is -8.00. The second kappa shape index (κ2) is 17.0. The van der Waals surface area contributed by atoms with Gasteiger partial charge in [0.1, 0.15) is 41.9 Å². The van der Waals surface area contributed by atoms with Crippen LogP contribution < -0.4 is 15.6 Å². The predicted octanol–water partition coefficient (Wildman–Crippen LogP) is 8.40. The SMILES string of the molecule is CS(=O)(=O)c1ccccc1-c1ccc2c(=O)n(-c3ccc(Cl)c4c(NS(=O)(=O)C5CC5)nn(CC(F)F)c34)c([C@H](Cc3cc(F)cc(F)c3)NC(=O)Cn3nc(C(F)F)c4c3C(F)(F)[C@]3(S)CC43)nc2c1. The van der Waals surface area contributed by atoms with E-state index in [1.54, 1.807) is 6.07 Å². The summed E-state index contributed by atoms with van der Waals surface area (Å²) in [5.41, 5.74) is -4.09. The van der Waals surface area contributed by atoms with Gasteiger partial charge in [-0.1, -0.05) is 35.9 Å². The van der Waals surface area contributed by atoms with Gasteiger partial charge in [0.05, 0.1) is 53.5 Å². The molecule has 0 saturated heterocycles. The number of halogens is 9. The molecule has 26 heteroatoms. The van der Waals surface area contributed by atoms with Gasteiger partial charge < -0.3 is 5.32 Å². The molecule has 1 unspecified atom stereocenters. The summed E-state index contributed by atoms with van der Waals surface area (Å²) in [5.74, 6) is -9.35. The first kappa shape index (κ1) is 48.6. The number of fused-ring (bicyclic) bond motifs is 5. The van der Waals surface area contributed by atoms with E-state index in [2.05, 4.69) is 32.9 Å². The number of rotatable bonds is 15. The van der Waals surface area contributed by atoms with E-state index in [1.165, 1.54) is 48.5 Å². The van der Waals surface area contributed by atoms with Crippen LogP contribution in [0.25, 0.3) is 38.6 Å². The highest BCUT2D eigenvalue weighted by molar-refractivity contribution is 7.93. The van der Waals surface area contributed by atoms with E-state index in [-0.39, 0.29) is 60.5 Å². The summed E-state index contributed by atoms with van der Waals surface area (Å²) in [6.07, 6.45) is -5.81. The number of carbonyl (C=O) groups is 1. The molecule has 3 heterocycles. The van der Waals surface area contributed by atoms with E-state index >= 15 is 13.6 Å². The van der Waals surface area contributed by atoms with Gasteiger partial charge in [-0.3, -0.25) is 28.2 Å². The van der Waals surface area contributed by atoms with Crippen molar-refractivity contribution >= 4 is 77.6 Å². The summed E-state index contributed by atoms with van der Waals surface area (Å²) in [4.78, 5) is 34.3. The van der Waals surface area contributed by atoms with Crippen LogP contribution >= 0.6 is 24.2 Å². The van der Waals surface area contributed by atoms with Gasteiger partial charge in [-0.25, -0.2) is 48.2 Å². The number of aromatic nitrogens is 6. The van der Waals surface area contributed by atoms with Crippen LogP contribution in [0.5, 0.6) is 0 Å². The lowest BCUT2D eigenvalue weighted by Gasteiger charge is -2.25. The molecule has 4 aromatic carbocycles. The molecule has 1 amide bonds. The Morgan fingerprint density at radius 1 is 0.944 bits per heavy atom. The Labute approximate surface area is 407 Å². The molecule has 14 nitrogen and oxygen atoms in total. The molecule has 2 N–H and O–H groups in total. The Kier molecular flexibility index (Phi) is 11.7. The lowest BCUT2D eigenvalue weighted by Crippen LogP contribution is -2.38. The van der Waals surface area contributed by atoms with Gasteiger partial charge in [0.15, 0.2) is 15.7 Å². The average molecular weight is 1070 g/mol. The van der Waals surface area contributed by atoms with Crippen molar-refractivity contribution in [3.8, 4) is 16.8 Å². The molecular weight excluding hydrogens is 1030 g/mol. The molecular formula is C45H35ClF8N8O6S3. The number of alkyl halides is 6. The minimum Gasteiger partial charge on any atom is -0.344 e. The molecule has 7 aromatic rings. The largest absolute Gasteiger partial charge is 0.344 e. The maximum atomic E-state index is 15.9. The number of nitrogens with one attached hydrogen (secondary N) is 2. The fourth-order valence-corrected chi connectivity index (χ4v) is 12.3. The predicted molar refractivity (Wildman–Crippen MR) is 247 cm³/mol. The summed E-state index contributed by atoms with van der Waals surface area (Å²) < 4.78 is 174. The van der Waals surface area contributed by atoms with E-state index in [9.17, 15) is 48.0 Å². The third-order valence-corrected chi connectivity index (χ3v) is 16.8. The van der Waals surface area contributed by atoms with Gasteiger partial charge in [0.25, 0.3) is 18.4 Å². The van der Waals surface area contributed by atoms with Gasteiger partial charge in [-0.2, -0.15) is 31.6 Å². The highest BCUT2D eigenvalue weighted by Gasteiger charge is 2.77. The number of anilines is 1. The molecule has 2 saturated carbocycles.